The van der Waals surface area contributed by atoms with Gasteiger partial charge in [0.25, 0.3) is 0 Å². The van der Waals surface area contributed by atoms with Crippen LogP contribution in [0.5, 0.6) is 0 Å². The van der Waals surface area contributed by atoms with E-state index in [1.807, 2.05) is 6.07 Å². The fourth-order valence-corrected chi connectivity index (χ4v) is 3.00. The van der Waals surface area contributed by atoms with Crippen molar-refractivity contribution in [2.24, 2.45) is 11.8 Å². The molecular weight excluding hydrogens is 281 g/mol. The van der Waals surface area contributed by atoms with Gasteiger partial charge in [0.1, 0.15) is 5.82 Å². The molecule has 0 aromatic heterocycles. The molecule has 1 fully saturated rings. The molecule has 1 N–H and O–H groups in total. The molecule has 1 aliphatic rings. The smallest absolute Gasteiger partial charge is 0.127 e. The molecule has 0 amide bonds. The van der Waals surface area contributed by atoms with Gasteiger partial charge in [-0.3, -0.25) is 0 Å². The molecule has 1 aromatic carbocycles. The fraction of sp³-hybridized carbons (Fsp3) is 0.571. The Kier molecular flexibility index (Phi) is 4.57. The molecule has 1 saturated carbocycles. The average Bonchev–Trinajstić information content (AvgIpc) is 2.70. The van der Waals surface area contributed by atoms with Crippen molar-refractivity contribution in [3.63, 3.8) is 0 Å². The largest absolute Gasteiger partial charge is 0.312 e. The van der Waals surface area contributed by atoms with Gasteiger partial charge in [0.15, 0.2) is 0 Å². The number of nitrogens with one attached hydrogen (secondary N) is 1. The number of benzene rings is 1. The number of hydrogen-bond acceptors (Lipinski definition) is 1. The van der Waals surface area contributed by atoms with Crippen LogP contribution in [-0.4, -0.2) is 6.54 Å². The van der Waals surface area contributed by atoms with Gasteiger partial charge in [0.05, 0.1) is 0 Å². The lowest BCUT2D eigenvalue weighted by Gasteiger charge is -2.16. The topological polar surface area (TPSA) is 12.0 Å². The Morgan fingerprint density at radius 3 is 2.94 bits per heavy atom. The fourth-order valence-electron chi connectivity index (χ4n) is 2.60. The van der Waals surface area contributed by atoms with Crippen LogP contribution in [-0.2, 0) is 6.54 Å². The maximum atomic E-state index is 13.5. The first-order chi connectivity index (χ1) is 8.16. The quantitative estimate of drug-likeness (QED) is 0.882. The highest BCUT2D eigenvalue weighted by Gasteiger charge is 2.22. The second-order valence-corrected chi connectivity index (χ2v) is 5.95. The van der Waals surface area contributed by atoms with E-state index in [2.05, 4.69) is 28.2 Å². The van der Waals surface area contributed by atoms with Gasteiger partial charge in [-0.05, 0) is 43.0 Å². The summed E-state index contributed by atoms with van der Waals surface area (Å²) in [4.78, 5) is 0. The molecule has 2 atom stereocenters. The van der Waals surface area contributed by atoms with Gasteiger partial charge in [-0.15, -0.1) is 0 Å². The number of rotatable bonds is 4. The summed E-state index contributed by atoms with van der Waals surface area (Å²) in [5.41, 5.74) is 0.741. The first kappa shape index (κ1) is 13.0. The van der Waals surface area contributed by atoms with E-state index in [1.54, 1.807) is 6.07 Å². The third-order valence-corrected chi connectivity index (χ3v) is 4.26. The minimum absolute atomic E-state index is 0.125. The van der Waals surface area contributed by atoms with E-state index in [0.29, 0.717) is 6.54 Å². The van der Waals surface area contributed by atoms with Crippen LogP contribution in [0.15, 0.2) is 22.7 Å². The van der Waals surface area contributed by atoms with Crippen LogP contribution >= 0.6 is 15.9 Å². The molecule has 1 nitrogen and oxygen atoms in total. The van der Waals surface area contributed by atoms with Crippen molar-refractivity contribution in [2.75, 3.05) is 6.54 Å². The van der Waals surface area contributed by atoms with Crippen molar-refractivity contribution in [3.8, 4) is 0 Å². The lowest BCUT2D eigenvalue weighted by atomic mass is 9.98. The van der Waals surface area contributed by atoms with Gasteiger partial charge in [-0.1, -0.05) is 35.7 Å². The minimum Gasteiger partial charge on any atom is -0.312 e. The summed E-state index contributed by atoms with van der Waals surface area (Å²) in [6.45, 7) is 3.95. The lowest BCUT2D eigenvalue weighted by molar-refractivity contribution is 0.390. The molecule has 0 heterocycles. The second-order valence-electron chi connectivity index (χ2n) is 5.03. The van der Waals surface area contributed by atoms with Crippen LogP contribution in [0.25, 0.3) is 0 Å². The van der Waals surface area contributed by atoms with Crippen molar-refractivity contribution >= 4 is 15.9 Å². The molecule has 2 rings (SSSR count). The Labute approximate surface area is 111 Å². The van der Waals surface area contributed by atoms with Crippen LogP contribution in [0.4, 0.5) is 4.39 Å². The third kappa shape index (κ3) is 3.52. The normalized spacial score (nSPS) is 24.2. The summed E-state index contributed by atoms with van der Waals surface area (Å²) >= 11 is 3.37. The van der Waals surface area contributed by atoms with Crippen molar-refractivity contribution < 1.29 is 4.39 Å². The standard InChI is InChI=1S/C14H19BrFN/c1-10-3-2-4-11(10)8-17-9-12-7-13(15)5-6-14(12)16/h5-7,10-11,17H,2-4,8-9H2,1H3. The van der Waals surface area contributed by atoms with Gasteiger partial charge in [-0.25, -0.2) is 4.39 Å². The summed E-state index contributed by atoms with van der Waals surface area (Å²) in [6, 6.07) is 5.09. The van der Waals surface area contributed by atoms with E-state index in [1.165, 1.54) is 25.3 Å². The van der Waals surface area contributed by atoms with Gasteiger partial charge >= 0.3 is 0 Å². The summed E-state index contributed by atoms with van der Waals surface area (Å²) in [7, 11) is 0. The Morgan fingerprint density at radius 1 is 1.41 bits per heavy atom. The Bertz CT molecular complexity index is 380. The summed E-state index contributed by atoms with van der Waals surface area (Å²) < 4.78 is 14.4. The molecule has 0 spiro atoms. The van der Waals surface area contributed by atoms with E-state index in [0.717, 1.165) is 28.4 Å². The van der Waals surface area contributed by atoms with E-state index in [9.17, 15) is 4.39 Å². The van der Waals surface area contributed by atoms with E-state index in [-0.39, 0.29) is 5.82 Å². The number of halogens is 2. The molecule has 0 aliphatic heterocycles. The monoisotopic (exact) mass is 299 g/mol. The average molecular weight is 300 g/mol. The molecule has 94 valence electrons. The zero-order chi connectivity index (χ0) is 12.3. The van der Waals surface area contributed by atoms with E-state index in [4.69, 9.17) is 0 Å². The predicted molar refractivity (Wildman–Crippen MR) is 72.3 cm³/mol. The molecule has 2 unspecified atom stereocenters. The molecule has 0 radical (unpaired) electrons. The van der Waals surface area contributed by atoms with Crippen LogP contribution in [0.3, 0.4) is 0 Å². The lowest BCUT2D eigenvalue weighted by Crippen LogP contribution is -2.24. The molecule has 3 heteroatoms. The predicted octanol–water partition coefficient (Wildman–Crippen LogP) is 4.11. The zero-order valence-corrected chi connectivity index (χ0v) is 11.8. The van der Waals surface area contributed by atoms with Crippen molar-refractivity contribution in [1.82, 2.24) is 5.32 Å². The number of hydrogen-bond donors (Lipinski definition) is 1. The van der Waals surface area contributed by atoms with Crippen molar-refractivity contribution in [3.05, 3.63) is 34.1 Å². The Hall–Kier alpha value is -0.410. The van der Waals surface area contributed by atoms with Gasteiger partial charge < -0.3 is 5.32 Å². The van der Waals surface area contributed by atoms with Crippen LogP contribution in [0.2, 0.25) is 0 Å². The van der Waals surface area contributed by atoms with Crippen molar-refractivity contribution in [2.45, 2.75) is 32.7 Å². The highest BCUT2D eigenvalue weighted by atomic mass is 79.9. The van der Waals surface area contributed by atoms with E-state index >= 15 is 0 Å². The van der Waals surface area contributed by atoms with E-state index < -0.39 is 0 Å². The SMILES string of the molecule is CC1CCCC1CNCc1cc(Br)ccc1F. The maximum absolute atomic E-state index is 13.5. The Balaban J connectivity index is 1.83. The minimum atomic E-state index is -0.125. The highest BCUT2D eigenvalue weighted by Crippen LogP contribution is 2.30. The van der Waals surface area contributed by atoms with Crippen LogP contribution in [0.1, 0.15) is 31.7 Å². The first-order valence-corrected chi connectivity index (χ1v) is 7.11. The van der Waals surface area contributed by atoms with Gasteiger partial charge in [-0.2, -0.15) is 0 Å². The van der Waals surface area contributed by atoms with Gasteiger partial charge in [0, 0.05) is 16.6 Å². The summed E-state index contributed by atoms with van der Waals surface area (Å²) in [6.07, 6.45) is 4.01. The molecule has 0 bridgehead atoms. The molecule has 17 heavy (non-hydrogen) atoms. The maximum Gasteiger partial charge on any atom is 0.127 e. The summed E-state index contributed by atoms with van der Waals surface area (Å²) in [5.74, 6) is 1.46. The highest BCUT2D eigenvalue weighted by molar-refractivity contribution is 9.10. The van der Waals surface area contributed by atoms with Crippen molar-refractivity contribution in [1.29, 1.82) is 0 Å². The molecule has 1 aliphatic carbocycles. The zero-order valence-electron chi connectivity index (χ0n) is 10.2. The van der Waals surface area contributed by atoms with Crippen LogP contribution in [0, 0.1) is 17.7 Å². The second kappa shape index (κ2) is 5.96. The molecule has 1 aromatic rings. The molecule has 0 saturated heterocycles. The first-order valence-electron chi connectivity index (χ1n) is 6.31. The molecular formula is C14H19BrFN. The van der Waals surface area contributed by atoms with Crippen LogP contribution < -0.4 is 5.32 Å². The Morgan fingerprint density at radius 2 is 2.24 bits per heavy atom. The van der Waals surface area contributed by atoms with Gasteiger partial charge in [0.2, 0.25) is 0 Å². The summed E-state index contributed by atoms with van der Waals surface area (Å²) in [5, 5.41) is 3.38. The third-order valence-electron chi connectivity index (χ3n) is 3.77.